The number of rotatable bonds is 2. The van der Waals surface area contributed by atoms with Gasteiger partial charge in [-0.1, -0.05) is 18.2 Å². The molecule has 0 aliphatic carbocycles. The first-order valence-electron chi connectivity index (χ1n) is 4.83. The molecule has 3 heteroatoms. The van der Waals surface area contributed by atoms with E-state index in [1.54, 1.807) is 6.07 Å². The largest absolute Gasteiger partial charge is 0.293 e. The minimum absolute atomic E-state index is 0.105. The zero-order valence-corrected chi connectivity index (χ0v) is 9.35. The van der Waals surface area contributed by atoms with Crippen LogP contribution in [0.2, 0.25) is 0 Å². The fraction of sp³-hybridized carbons (Fsp3) is 0.250. The average Bonchev–Trinajstić information content (AvgIpc) is 2.30. The Balaban J connectivity index is 2.39. The summed E-state index contributed by atoms with van der Waals surface area (Å²) in [6.07, 6.45) is 6.46. The summed E-state index contributed by atoms with van der Waals surface area (Å²) in [5.41, 5.74) is 1.76. The van der Waals surface area contributed by atoms with Gasteiger partial charge in [0.05, 0.1) is 6.54 Å². The molecule has 1 aliphatic rings. The summed E-state index contributed by atoms with van der Waals surface area (Å²) < 4.78 is 14.0. The van der Waals surface area contributed by atoms with Crippen LogP contribution in [0.4, 0.5) is 4.39 Å². The van der Waals surface area contributed by atoms with Gasteiger partial charge >= 0.3 is 0 Å². The van der Waals surface area contributed by atoms with Crippen molar-refractivity contribution in [1.82, 2.24) is 0 Å². The van der Waals surface area contributed by atoms with Gasteiger partial charge in [0.15, 0.2) is 0 Å². The summed E-state index contributed by atoms with van der Waals surface area (Å²) in [4.78, 5) is 4.80. The van der Waals surface area contributed by atoms with Crippen molar-refractivity contribution in [1.29, 1.82) is 0 Å². The first-order valence-corrected chi connectivity index (χ1v) is 6.05. The van der Waals surface area contributed by atoms with Crippen LogP contribution in [0.3, 0.4) is 0 Å². The molecule has 1 heterocycles. The Morgan fingerprint density at radius 1 is 1.40 bits per heavy atom. The van der Waals surface area contributed by atoms with Gasteiger partial charge in [-0.05, 0) is 17.9 Å². The van der Waals surface area contributed by atoms with E-state index in [4.69, 9.17) is 0 Å². The van der Waals surface area contributed by atoms with Crippen LogP contribution >= 0.6 is 11.8 Å². The van der Waals surface area contributed by atoms with E-state index in [1.807, 2.05) is 30.7 Å². The van der Waals surface area contributed by atoms with E-state index in [-0.39, 0.29) is 5.82 Å². The Labute approximate surface area is 93.1 Å². The topological polar surface area (TPSA) is 12.4 Å². The van der Waals surface area contributed by atoms with Gasteiger partial charge in [0.25, 0.3) is 0 Å². The molecule has 0 spiro atoms. The predicted octanol–water partition coefficient (Wildman–Crippen LogP) is 3.41. The second kappa shape index (κ2) is 4.62. The third-order valence-corrected chi connectivity index (χ3v) is 3.17. The molecule has 15 heavy (non-hydrogen) atoms. The van der Waals surface area contributed by atoms with E-state index in [0.717, 1.165) is 12.0 Å². The molecule has 0 N–H and O–H groups in total. The lowest BCUT2D eigenvalue weighted by Crippen LogP contribution is -1.97. The van der Waals surface area contributed by atoms with E-state index >= 15 is 0 Å². The predicted molar refractivity (Wildman–Crippen MR) is 64.1 cm³/mol. The smallest absolute Gasteiger partial charge is 0.144 e. The Morgan fingerprint density at radius 2 is 2.27 bits per heavy atom. The number of halogens is 1. The van der Waals surface area contributed by atoms with E-state index in [0.29, 0.717) is 17.0 Å². The maximum Gasteiger partial charge on any atom is 0.144 e. The molecule has 1 aliphatic heterocycles. The van der Waals surface area contributed by atoms with Crippen LogP contribution < -0.4 is 0 Å². The lowest BCUT2D eigenvalue weighted by molar-refractivity contribution is 0.598. The van der Waals surface area contributed by atoms with Gasteiger partial charge in [-0.2, -0.15) is 0 Å². The van der Waals surface area contributed by atoms with Crippen LogP contribution in [-0.2, 0) is 0 Å². The molecule has 2 rings (SSSR count). The standard InChI is InChI=1S/C12H12FNS/c1-15-11-4-2-3-10(12(11)13)9-5-7-14-8-6-9/h2-5,8H,6-7H2,1H3. The molecule has 0 amide bonds. The van der Waals surface area contributed by atoms with Crippen molar-refractivity contribution in [2.75, 3.05) is 12.8 Å². The molecular weight excluding hydrogens is 209 g/mol. The summed E-state index contributed by atoms with van der Waals surface area (Å²) in [7, 11) is 0. The first kappa shape index (κ1) is 10.4. The highest BCUT2D eigenvalue weighted by atomic mass is 32.2. The van der Waals surface area contributed by atoms with Gasteiger partial charge in [-0.3, -0.25) is 4.99 Å². The number of hydrogen-bond donors (Lipinski definition) is 0. The zero-order valence-electron chi connectivity index (χ0n) is 8.53. The van der Waals surface area contributed by atoms with Gasteiger partial charge < -0.3 is 0 Å². The summed E-state index contributed by atoms with van der Waals surface area (Å²) in [6.45, 7) is 0.665. The van der Waals surface area contributed by atoms with Crippen molar-refractivity contribution in [3.63, 3.8) is 0 Å². The minimum Gasteiger partial charge on any atom is -0.293 e. The van der Waals surface area contributed by atoms with Crippen molar-refractivity contribution < 1.29 is 4.39 Å². The van der Waals surface area contributed by atoms with E-state index < -0.39 is 0 Å². The van der Waals surface area contributed by atoms with Gasteiger partial charge in [-0.15, -0.1) is 11.8 Å². The lowest BCUT2D eigenvalue weighted by Gasteiger charge is -2.11. The van der Waals surface area contributed by atoms with E-state index in [1.165, 1.54) is 11.8 Å². The summed E-state index contributed by atoms with van der Waals surface area (Å²) in [5.74, 6) is -0.105. The van der Waals surface area contributed by atoms with Crippen LogP contribution in [0.15, 0.2) is 34.2 Å². The average molecular weight is 221 g/mol. The molecule has 0 fully saturated rings. The second-order valence-electron chi connectivity index (χ2n) is 3.30. The van der Waals surface area contributed by atoms with Crippen molar-refractivity contribution in [2.45, 2.75) is 11.3 Å². The zero-order chi connectivity index (χ0) is 10.7. The number of benzene rings is 1. The Kier molecular flexibility index (Phi) is 3.21. The summed E-state index contributed by atoms with van der Waals surface area (Å²) in [6, 6.07) is 5.54. The van der Waals surface area contributed by atoms with E-state index in [9.17, 15) is 4.39 Å². The minimum atomic E-state index is -0.105. The van der Waals surface area contributed by atoms with Crippen molar-refractivity contribution in [3.8, 4) is 0 Å². The summed E-state index contributed by atoms with van der Waals surface area (Å²) >= 11 is 1.44. The molecule has 1 aromatic carbocycles. The van der Waals surface area contributed by atoms with Gasteiger partial charge in [-0.25, -0.2) is 4.39 Å². The van der Waals surface area contributed by atoms with Crippen LogP contribution in [0.1, 0.15) is 12.0 Å². The number of dihydropyridines is 1. The second-order valence-corrected chi connectivity index (χ2v) is 4.15. The molecule has 1 nitrogen and oxygen atoms in total. The first-order chi connectivity index (χ1) is 7.33. The van der Waals surface area contributed by atoms with Crippen LogP contribution in [-0.4, -0.2) is 19.0 Å². The molecule has 0 saturated carbocycles. The quantitative estimate of drug-likeness (QED) is 0.697. The number of nitrogens with zero attached hydrogens (tertiary/aromatic N) is 1. The molecule has 0 bridgehead atoms. The maximum atomic E-state index is 14.0. The highest BCUT2D eigenvalue weighted by molar-refractivity contribution is 7.98. The van der Waals surface area contributed by atoms with Crippen molar-refractivity contribution >= 4 is 23.5 Å². The molecule has 0 unspecified atom stereocenters. The maximum absolute atomic E-state index is 14.0. The van der Waals surface area contributed by atoms with E-state index in [2.05, 4.69) is 4.99 Å². The third-order valence-electron chi connectivity index (χ3n) is 2.41. The van der Waals surface area contributed by atoms with Crippen molar-refractivity contribution in [3.05, 3.63) is 35.7 Å². The molecule has 0 atom stereocenters. The Bertz CT molecular complexity index is 424. The summed E-state index contributed by atoms with van der Waals surface area (Å²) in [5, 5.41) is 0. The Morgan fingerprint density at radius 3 is 2.93 bits per heavy atom. The number of aliphatic imine (C=N–C) groups is 1. The van der Waals surface area contributed by atoms with Gasteiger partial charge in [0.1, 0.15) is 5.82 Å². The molecule has 0 aromatic heterocycles. The molecule has 78 valence electrons. The van der Waals surface area contributed by atoms with Gasteiger partial charge in [0, 0.05) is 23.1 Å². The monoisotopic (exact) mass is 221 g/mol. The third kappa shape index (κ3) is 2.12. The fourth-order valence-corrected chi connectivity index (χ4v) is 2.12. The highest BCUT2D eigenvalue weighted by Crippen LogP contribution is 2.28. The van der Waals surface area contributed by atoms with Crippen LogP contribution in [0, 0.1) is 5.82 Å². The van der Waals surface area contributed by atoms with Crippen LogP contribution in [0.25, 0.3) is 5.57 Å². The van der Waals surface area contributed by atoms with Crippen LogP contribution in [0.5, 0.6) is 0 Å². The van der Waals surface area contributed by atoms with Crippen molar-refractivity contribution in [2.24, 2.45) is 4.99 Å². The highest BCUT2D eigenvalue weighted by Gasteiger charge is 2.11. The molecule has 0 saturated heterocycles. The molecule has 1 aromatic rings. The number of thioether (sulfide) groups is 1. The fourth-order valence-electron chi connectivity index (χ4n) is 1.62. The SMILES string of the molecule is CSc1cccc(C2=CCN=CC2)c1F. The van der Waals surface area contributed by atoms with Gasteiger partial charge in [0.2, 0.25) is 0 Å². The Hall–Kier alpha value is -1.09. The number of hydrogen-bond acceptors (Lipinski definition) is 2. The molecule has 0 radical (unpaired) electrons. The molecular formula is C12H12FNS. The lowest BCUT2D eigenvalue weighted by atomic mass is 10.0. The normalized spacial score (nSPS) is 15.2. The number of allylic oxidation sites excluding steroid dienone is 1.